The number of nitrogens with zero attached hydrogens (tertiary/aromatic N) is 1. The van der Waals surface area contributed by atoms with E-state index in [2.05, 4.69) is 10.6 Å². The number of carbonyl (C=O) groups excluding carboxylic acids is 1. The van der Waals surface area contributed by atoms with Crippen molar-refractivity contribution >= 4 is 34.8 Å². The fourth-order valence-electron chi connectivity index (χ4n) is 4.91. The van der Waals surface area contributed by atoms with Gasteiger partial charge in [-0.25, -0.2) is 0 Å². The fourth-order valence-corrected chi connectivity index (χ4v) is 6.58. The number of anilines is 1. The number of rotatable bonds is 13. The summed E-state index contributed by atoms with van der Waals surface area (Å²) >= 11 is 0. The number of methoxy groups -OCH3 is 1. The third kappa shape index (κ3) is 9.26. The summed E-state index contributed by atoms with van der Waals surface area (Å²) in [5, 5.41) is 17.5. The minimum Gasteiger partial charge on any atom is -0.497 e. The van der Waals surface area contributed by atoms with Crippen LogP contribution in [0.5, 0.6) is 11.5 Å². The Kier molecular flexibility index (Phi) is 12.8. The summed E-state index contributed by atoms with van der Waals surface area (Å²) in [6.07, 6.45) is 1.11. The molecule has 0 spiro atoms. The Bertz CT molecular complexity index is 1280. The minimum atomic E-state index is -2.98. The van der Waals surface area contributed by atoms with Gasteiger partial charge in [-0.3, -0.25) is 18.2 Å². The number of amides is 1. The first kappa shape index (κ1) is 33.5. The molecule has 9 nitrogen and oxygen atoms in total. The smallest absolute Gasteiger partial charge is 0.251 e. The topological polar surface area (TPSA) is 124 Å². The van der Waals surface area contributed by atoms with Gasteiger partial charge >= 0.3 is 0 Å². The third-order valence-corrected chi connectivity index (χ3v) is 8.97. The van der Waals surface area contributed by atoms with Gasteiger partial charge in [0.2, 0.25) is 0 Å². The van der Waals surface area contributed by atoms with Crippen molar-refractivity contribution in [3.8, 4) is 11.5 Å². The van der Waals surface area contributed by atoms with E-state index in [9.17, 15) is 19.0 Å². The molecule has 5 N–H and O–H groups in total. The van der Waals surface area contributed by atoms with Crippen LogP contribution in [0.15, 0.2) is 72.8 Å². The van der Waals surface area contributed by atoms with Gasteiger partial charge in [0.25, 0.3) is 5.91 Å². The molecule has 1 heterocycles. The van der Waals surface area contributed by atoms with Crippen LogP contribution in [0.2, 0.25) is 0 Å². The quantitative estimate of drug-likeness (QED) is 0.175. The Balaban J connectivity index is 0.00000484. The van der Waals surface area contributed by atoms with E-state index in [1.165, 1.54) is 0 Å². The summed E-state index contributed by atoms with van der Waals surface area (Å²) in [4.78, 5) is 13.6. The molecule has 0 unspecified atom stereocenters. The summed E-state index contributed by atoms with van der Waals surface area (Å²) in [7, 11) is -1.35. The Labute approximate surface area is 256 Å². The third-order valence-electron chi connectivity index (χ3n) is 7.03. The highest BCUT2D eigenvalue weighted by molar-refractivity contribution is 8.25. The first-order valence-corrected chi connectivity index (χ1v) is 15.6. The number of ether oxygens (including phenoxy) is 2. The van der Waals surface area contributed by atoms with Gasteiger partial charge in [-0.1, -0.05) is 42.5 Å². The highest BCUT2D eigenvalue weighted by atomic mass is 35.5. The molecule has 0 aliphatic carbocycles. The van der Waals surface area contributed by atoms with Gasteiger partial charge in [0.1, 0.15) is 11.5 Å². The van der Waals surface area contributed by atoms with E-state index in [1.54, 1.807) is 29.6 Å². The molecule has 11 heteroatoms. The van der Waals surface area contributed by atoms with Crippen molar-refractivity contribution in [3.63, 3.8) is 0 Å². The van der Waals surface area contributed by atoms with E-state index in [4.69, 9.17) is 9.47 Å². The molecule has 42 heavy (non-hydrogen) atoms. The molecular formula is C31H42ClN3O6S. The van der Waals surface area contributed by atoms with Gasteiger partial charge in [-0.05, 0) is 61.6 Å². The second-order valence-corrected chi connectivity index (χ2v) is 12.2. The number of hydrogen-bond acceptors (Lipinski definition) is 8. The molecule has 0 bridgehead atoms. The zero-order valence-electron chi connectivity index (χ0n) is 24.1. The molecule has 4 rings (SSSR count). The average molecular weight is 620 g/mol. The molecule has 2 atom stereocenters. The van der Waals surface area contributed by atoms with Crippen LogP contribution < -0.4 is 24.4 Å². The van der Waals surface area contributed by atoms with Gasteiger partial charge < -0.3 is 25.2 Å². The summed E-state index contributed by atoms with van der Waals surface area (Å²) in [6, 6.07) is 21.9. The van der Waals surface area contributed by atoms with E-state index in [0.29, 0.717) is 48.9 Å². The lowest BCUT2D eigenvalue weighted by Crippen LogP contribution is -2.48. The van der Waals surface area contributed by atoms with Crippen LogP contribution in [0, 0.1) is 0 Å². The van der Waals surface area contributed by atoms with Crippen LogP contribution in [-0.4, -0.2) is 64.8 Å². The van der Waals surface area contributed by atoms with Crippen LogP contribution >= 0.6 is 23.2 Å². The zero-order valence-corrected chi connectivity index (χ0v) is 25.7. The Morgan fingerprint density at radius 1 is 1.00 bits per heavy atom. The lowest BCUT2D eigenvalue weighted by Gasteiger charge is -2.47. The standard InChI is InChI=1S/C31H41N3O6S.ClH/c1-3-40-28-19-25(18-26(20-28)34-14-7-8-15-41(34,37)38)31(36)33-29(17-23-10-5-4-6-11-23)30(35)22-32-21-24-12-9-13-27(16-24)39-2;/h4-6,9-13,16,18-20,29-30,32,35,37-38H,3,7-8,14-15,17,21-22H2,1-2H3,(H,33,36);1H/t29-,30+;/m0./s1. The second-order valence-electron chi connectivity index (χ2n) is 10.1. The van der Waals surface area contributed by atoms with Crippen LogP contribution in [0.4, 0.5) is 5.69 Å². The number of aliphatic hydroxyl groups excluding tert-OH is 1. The van der Waals surface area contributed by atoms with Gasteiger partial charge in [-0.15, -0.1) is 23.2 Å². The highest BCUT2D eigenvalue weighted by Gasteiger charge is 2.29. The lowest BCUT2D eigenvalue weighted by molar-refractivity contribution is 0.0829. The SMILES string of the molecule is CCOc1cc(C(=O)N[C@@H](Cc2ccccc2)[C@H](O)CNCc2cccc(OC)c2)cc(N2CCCCS2(O)O)c1.Cl. The van der Waals surface area contributed by atoms with Crippen LogP contribution in [0.3, 0.4) is 0 Å². The van der Waals surface area contributed by atoms with Crippen molar-refractivity contribution in [2.75, 3.05) is 36.9 Å². The highest BCUT2D eigenvalue weighted by Crippen LogP contribution is 2.50. The number of hydrogen-bond donors (Lipinski definition) is 5. The molecule has 3 aromatic carbocycles. The van der Waals surface area contributed by atoms with Gasteiger partial charge in [0, 0.05) is 31.3 Å². The molecule has 1 saturated heterocycles. The molecule has 1 fully saturated rings. The summed E-state index contributed by atoms with van der Waals surface area (Å²) in [6.45, 7) is 3.52. The molecule has 0 saturated carbocycles. The molecule has 3 aromatic rings. The van der Waals surface area contributed by atoms with Gasteiger partial charge in [-0.2, -0.15) is 0 Å². The van der Waals surface area contributed by atoms with E-state index < -0.39 is 22.9 Å². The van der Waals surface area contributed by atoms with Gasteiger partial charge in [0.05, 0.1) is 37.3 Å². The predicted molar refractivity (Wildman–Crippen MR) is 171 cm³/mol. The molecule has 1 aliphatic rings. The van der Waals surface area contributed by atoms with Crippen LogP contribution in [-0.2, 0) is 13.0 Å². The normalized spacial score (nSPS) is 16.5. The largest absolute Gasteiger partial charge is 0.497 e. The Hall–Kier alpha value is -2.99. The first-order chi connectivity index (χ1) is 19.8. The van der Waals surface area contributed by atoms with Crippen molar-refractivity contribution in [1.29, 1.82) is 0 Å². The molecule has 0 radical (unpaired) electrons. The maximum Gasteiger partial charge on any atom is 0.251 e. The first-order valence-electron chi connectivity index (χ1n) is 14.0. The van der Waals surface area contributed by atoms with Crippen molar-refractivity contribution in [2.45, 2.75) is 44.9 Å². The van der Waals surface area contributed by atoms with Gasteiger partial charge in [0.15, 0.2) is 0 Å². The molecular weight excluding hydrogens is 578 g/mol. The van der Waals surface area contributed by atoms with Crippen molar-refractivity contribution in [3.05, 3.63) is 89.5 Å². The number of benzene rings is 3. The second kappa shape index (κ2) is 16.0. The number of carbonyl (C=O) groups is 1. The van der Waals surface area contributed by atoms with E-state index in [1.807, 2.05) is 61.5 Å². The number of aliphatic hydroxyl groups is 1. The van der Waals surface area contributed by atoms with E-state index >= 15 is 0 Å². The Morgan fingerprint density at radius 2 is 1.76 bits per heavy atom. The molecule has 230 valence electrons. The molecule has 1 aliphatic heterocycles. The molecule has 1 amide bonds. The van der Waals surface area contributed by atoms with E-state index in [0.717, 1.165) is 29.7 Å². The monoisotopic (exact) mass is 619 g/mol. The summed E-state index contributed by atoms with van der Waals surface area (Å²) in [5.74, 6) is 1.14. The van der Waals surface area contributed by atoms with Crippen molar-refractivity contribution < 1.29 is 28.5 Å². The zero-order chi connectivity index (χ0) is 29.2. The fraction of sp³-hybridized carbons (Fsp3) is 0.387. The summed E-state index contributed by atoms with van der Waals surface area (Å²) < 4.78 is 34.0. The summed E-state index contributed by atoms with van der Waals surface area (Å²) in [5.41, 5.74) is 2.85. The maximum absolute atomic E-state index is 13.6. The number of halogens is 1. The van der Waals surface area contributed by atoms with Crippen LogP contribution in [0.1, 0.15) is 41.3 Å². The minimum absolute atomic E-state index is 0. The lowest BCUT2D eigenvalue weighted by atomic mass is 10.00. The van der Waals surface area contributed by atoms with E-state index in [-0.39, 0.29) is 24.9 Å². The average Bonchev–Trinajstić information content (AvgIpc) is 2.97. The maximum atomic E-state index is 13.6. The van der Waals surface area contributed by atoms with Crippen molar-refractivity contribution in [2.24, 2.45) is 0 Å². The van der Waals surface area contributed by atoms with Crippen LogP contribution in [0.25, 0.3) is 0 Å². The molecule has 0 aromatic heterocycles. The predicted octanol–water partition coefficient (Wildman–Crippen LogP) is 5.27. The number of nitrogens with one attached hydrogen (secondary N) is 2. The van der Waals surface area contributed by atoms with Crippen molar-refractivity contribution in [1.82, 2.24) is 10.6 Å². The Morgan fingerprint density at radius 3 is 2.48 bits per heavy atom.